The van der Waals surface area contributed by atoms with Crippen LogP contribution in [0.3, 0.4) is 0 Å². The minimum atomic E-state index is -0.956. The number of carbonyl (C=O) groups is 3. The van der Waals surface area contributed by atoms with Gasteiger partial charge in [-0.25, -0.2) is 4.79 Å². The van der Waals surface area contributed by atoms with Gasteiger partial charge >= 0.3 is 6.03 Å². The topological polar surface area (TPSA) is 91.0 Å². The first-order chi connectivity index (χ1) is 18.7. The minimum absolute atomic E-state index is 0.0344. The number of rotatable bonds is 5. The van der Waals surface area contributed by atoms with E-state index >= 15 is 0 Å². The number of urea groups is 1. The normalized spacial score (nSPS) is 19.5. The standard InChI is InChI=1S/C31H36N4O4/c1-21(23-13-8-11-22-10-4-5-12-24(22)23)32-30(38)33-25-19-39-27-15-7-6-14-26(27)35(29(25)37)18-28(36)34-17-9-16-31(2,3)20-34/h4-8,10-15,21,25H,9,16-20H2,1-3H3,(H2,32,33,38)/t21-,25-/m1/s1. The highest BCUT2D eigenvalue weighted by Crippen LogP contribution is 2.32. The maximum Gasteiger partial charge on any atom is 0.316 e. The van der Waals surface area contributed by atoms with Crippen molar-refractivity contribution in [2.45, 2.75) is 45.7 Å². The zero-order valence-corrected chi connectivity index (χ0v) is 22.8. The van der Waals surface area contributed by atoms with Gasteiger partial charge in [-0.2, -0.15) is 0 Å². The van der Waals surface area contributed by atoms with Gasteiger partial charge in [-0.15, -0.1) is 0 Å². The molecule has 8 heteroatoms. The number of piperidine rings is 1. The molecule has 0 aromatic heterocycles. The maximum absolute atomic E-state index is 13.8. The Bertz CT molecular complexity index is 1380. The molecule has 2 heterocycles. The van der Waals surface area contributed by atoms with E-state index in [-0.39, 0.29) is 36.4 Å². The van der Waals surface area contributed by atoms with Crippen LogP contribution in [0.4, 0.5) is 10.5 Å². The molecular weight excluding hydrogens is 492 g/mol. The van der Waals surface area contributed by atoms with E-state index in [2.05, 4.69) is 24.5 Å². The van der Waals surface area contributed by atoms with Gasteiger partial charge in [0.1, 0.15) is 24.9 Å². The average Bonchev–Trinajstić information content (AvgIpc) is 3.04. The van der Waals surface area contributed by atoms with Crippen molar-refractivity contribution >= 4 is 34.3 Å². The Hall–Kier alpha value is -4.07. The summed E-state index contributed by atoms with van der Waals surface area (Å²) in [6.45, 7) is 7.41. The third-order valence-electron chi connectivity index (χ3n) is 7.62. The van der Waals surface area contributed by atoms with Crippen molar-refractivity contribution in [3.05, 3.63) is 72.3 Å². The van der Waals surface area contributed by atoms with Gasteiger partial charge in [0, 0.05) is 13.1 Å². The number of likely N-dealkylation sites (tertiary alicyclic amines) is 1. The lowest BCUT2D eigenvalue weighted by molar-refractivity contribution is -0.134. The van der Waals surface area contributed by atoms with E-state index in [1.165, 1.54) is 4.90 Å². The summed E-state index contributed by atoms with van der Waals surface area (Å²) in [6.07, 6.45) is 2.00. The molecule has 204 valence electrons. The van der Waals surface area contributed by atoms with Crippen LogP contribution < -0.4 is 20.3 Å². The number of nitrogens with zero attached hydrogens (tertiary/aromatic N) is 2. The average molecular weight is 529 g/mol. The summed E-state index contributed by atoms with van der Waals surface area (Å²) < 4.78 is 5.94. The van der Waals surface area contributed by atoms with Gasteiger partial charge in [0.2, 0.25) is 5.91 Å². The van der Waals surface area contributed by atoms with Gasteiger partial charge in [0.25, 0.3) is 5.91 Å². The van der Waals surface area contributed by atoms with Crippen molar-refractivity contribution in [2.75, 3.05) is 31.1 Å². The summed E-state index contributed by atoms with van der Waals surface area (Å²) in [6, 6.07) is 19.4. The van der Waals surface area contributed by atoms with Gasteiger partial charge in [-0.1, -0.05) is 68.4 Å². The number of hydrogen-bond acceptors (Lipinski definition) is 4. The van der Waals surface area contributed by atoms with Crippen LogP contribution in [-0.2, 0) is 9.59 Å². The molecule has 0 saturated carbocycles. The monoisotopic (exact) mass is 528 g/mol. The van der Waals surface area contributed by atoms with E-state index in [1.807, 2.05) is 66.4 Å². The summed E-state index contributed by atoms with van der Waals surface area (Å²) in [5.74, 6) is 0.0181. The highest BCUT2D eigenvalue weighted by atomic mass is 16.5. The molecular formula is C31H36N4O4. The van der Waals surface area contributed by atoms with Crippen molar-refractivity contribution in [1.29, 1.82) is 0 Å². The first-order valence-corrected chi connectivity index (χ1v) is 13.6. The van der Waals surface area contributed by atoms with Gasteiger partial charge in [0.15, 0.2) is 0 Å². The molecule has 1 fully saturated rings. The van der Waals surface area contributed by atoms with Crippen LogP contribution in [0.5, 0.6) is 5.75 Å². The van der Waals surface area contributed by atoms with Crippen molar-refractivity contribution in [3.8, 4) is 5.75 Å². The molecule has 0 bridgehead atoms. The third-order valence-corrected chi connectivity index (χ3v) is 7.62. The predicted octanol–water partition coefficient (Wildman–Crippen LogP) is 4.64. The predicted molar refractivity (Wildman–Crippen MR) is 152 cm³/mol. The van der Waals surface area contributed by atoms with E-state index in [0.29, 0.717) is 24.5 Å². The molecule has 1 saturated heterocycles. The first-order valence-electron chi connectivity index (χ1n) is 13.6. The van der Waals surface area contributed by atoms with Gasteiger partial charge in [-0.05, 0) is 53.6 Å². The van der Waals surface area contributed by atoms with Crippen LogP contribution in [0.15, 0.2) is 66.7 Å². The zero-order chi connectivity index (χ0) is 27.6. The number of anilines is 1. The van der Waals surface area contributed by atoms with E-state index in [1.54, 1.807) is 12.1 Å². The fourth-order valence-corrected chi connectivity index (χ4v) is 5.59. The highest BCUT2D eigenvalue weighted by molar-refractivity contribution is 6.04. The number of fused-ring (bicyclic) bond motifs is 2. The fraction of sp³-hybridized carbons (Fsp3) is 0.387. The Balaban J connectivity index is 1.31. The molecule has 39 heavy (non-hydrogen) atoms. The molecule has 3 aromatic rings. The fourth-order valence-electron chi connectivity index (χ4n) is 5.59. The van der Waals surface area contributed by atoms with Crippen LogP contribution in [0, 0.1) is 5.41 Å². The summed E-state index contributed by atoms with van der Waals surface area (Å²) in [5, 5.41) is 7.91. The molecule has 4 amide bonds. The summed E-state index contributed by atoms with van der Waals surface area (Å²) in [5.41, 5.74) is 1.55. The SMILES string of the molecule is C[C@@H](NC(=O)N[C@@H]1COc2ccccc2N(CC(=O)N2CCCC(C)(C)C2)C1=O)c1cccc2ccccc12. The Labute approximate surface area is 229 Å². The van der Waals surface area contributed by atoms with Crippen LogP contribution in [-0.4, -0.2) is 55.0 Å². The number of ether oxygens (including phenoxy) is 1. The maximum atomic E-state index is 13.8. The third kappa shape index (κ3) is 5.85. The highest BCUT2D eigenvalue weighted by Gasteiger charge is 2.36. The molecule has 0 radical (unpaired) electrons. The Morgan fingerprint density at radius 3 is 2.62 bits per heavy atom. The van der Waals surface area contributed by atoms with Crippen molar-refractivity contribution in [2.24, 2.45) is 5.41 Å². The molecule has 2 N–H and O–H groups in total. The van der Waals surface area contributed by atoms with Gasteiger partial charge in [-0.3, -0.25) is 14.5 Å². The summed E-state index contributed by atoms with van der Waals surface area (Å²) in [7, 11) is 0. The van der Waals surface area contributed by atoms with Crippen molar-refractivity contribution < 1.29 is 19.1 Å². The molecule has 2 aliphatic rings. The van der Waals surface area contributed by atoms with Crippen LogP contribution in [0.2, 0.25) is 0 Å². The van der Waals surface area contributed by atoms with Gasteiger partial charge < -0.3 is 20.3 Å². The number of para-hydroxylation sites is 2. The Morgan fingerprint density at radius 1 is 1.05 bits per heavy atom. The summed E-state index contributed by atoms with van der Waals surface area (Å²) >= 11 is 0. The van der Waals surface area contributed by atoms with E-state index in [9.17, 15) is 14.4 Å². The molecule has 3 aromatic carbocycles. The molecule has 0 aliphatic carbocycles. The zero-order valence-electron chi connectivity index (χ0n) is 22.8. The Kier molecular flexibility index (Phi) is 7.46. The summed E-state index contributed by atoms with van der Waals surface area (Å²) in [4.78, 5) is 43.5. The van der Waals surface area contributed by atoms with Crippen LogP contribution in [0.25, 0.3) is 10.8 Å². The van der Waals surface area contributed by atoms with E-state index in [0.717, 1.165) is 29.2 Å². The quantitative estimate of drug-likeness (QED) is 0.505. The second kappa shape index (κ2) is 11.0. The van der Waals surface area contributed by atoms with Crippen LogP contribution >= 0.6 is 0 Å². The van der Waals surface area contributed by atoms with E-state index < -0.39 is 12.1 Å². The molecule has 5 rings (SSSR count). The molecule has 2 atom stereocenters. The minimum Gasteiger partial charge on any atom is -0.489 e. The van der Waals surface area contributed by atoms with Crippen molar-refractivity contribution in [3.63, 3.8) is 0 Å². The lowest BCUT2D eigenvalue weighted by atomic mass is 9.84. The second-order valence-electron chi connectivity index (χ2n) is 11.2. The lowest BCUT2D eigenvalue weighted by Crippen LogP contribution is -2.55. The van der Waals surface area contributed by atoms with E-state index in [4.69, 9.17) is 4.74 Å². The second-order valence-corrected chi connectivity index (χ2v) is 11.2. The molecule has 0 spiro atoms. The Morgan fingerprint density at radius 2 is 1.79 bits per heavy atom. The molecule has 0 unspecified atom stereocenters. The first kappa shape index (κ1) is 26.5. The van der Waals surface area contributed by atoms with Crippen molar-refractivity contribution in [1.82, 2.24) is 15.5 Å². The largest absolute Gasteiger partial charge is 0.489 e. The van der Waals surface area contributed by atoms with Crippen LogP contribution in [0.1, 0.15) is 45.2 Å². The number of carbonyl (C=O) groups excluding carboxylic acids is 3. The number of benzene rings is 3. The smallest absolute Gasteiger partial charge is 0.316 e. The number of hydrogen-bond donors (Lipinski definition) is 2. The lowest BCUT2D eigenvalue weighted by Gasteiger charge is -2.39. The number of nitrogens with one attached hydrogen (secondary N) is 2. The number of amides is 4. The molecule has 8 nitrogen and oxygen atoms in total. The van der Waals surface area contributed by atoms with Gasteiger partial charge in [0.05, 0.1) is 11.7 Å². The molecule has 2 aliphatic heterocycles.